The van der Waals surface area contributed by atoms with Crippen molar-refractivity contribution in [2.75, 3.05) is 0 Å². The fraction of sp³-hybridized carbons (Fsp3) is 0.222. The SMILES string of the molecule is O=C(N[C@@H](CCCc1ccccc1)C(=O)O)c1c(F)cc(F)cc1F. The predicted molar refractivity (Wildman–Crippen MR) is 84.6 cm³/mol. The van der Waals surface area contributed by atoms with Gasteiger partial charge in [-0.2, -0.15) is 0 Å². The number of carboxylic acid groups (broad SMARTS) is 1. The van der Waals surface area contributed by atoms with Gasteiger partial charge in [0, 0.05) is 12.1 Å². The van der Waals surface area contributed by atoms with Crippen LogP contribution in [0.2, 0.25) is 0 Å². The normalized spacial score (nSPS) is 11.8. The second-order valence-corrected chi connectivity index (χ2v) is 5.49. The number of hydrogen-bond donors (Lipinski definition) is 2. The second-order valence-electron chi connectivity index (χ2n) is 5.49. The first-order valence-electron chi connectivity index (χ1n) is 7.60. The van der Waals surface area contributed by atoms with Crippen molar-refractivity contribution in [3.8, 4) is 0 Å². The Balaban J connectivity index is 2.01. The van der Waals surface area contributed by atoms with Gasteiger partial charge in [0.1, 0.15) is 29.1 Å². The van der Waals surface area contributed by atoms with Crippen LogP contribution < -0.4 is 5.32 Å². The van der Waals surface area contributed by atoms with Crippen LogP contribution in [0.5, 0.6) is 0 Å². The maximum Gasteiger partial charge on any atom is 0.326 e. The molecule has 0 fully saturated rings. The van der Waals surface area contributed by atoms with Gasteiger partial charge < -0.3 is 10.4 Å². The van der Waals surface area contributed by atoms with Gasteiger partial charge in [0.2, 0.25) is 0 Å². The molecule has 132 valence electrons. The molecular formula is C18H16F3NO3. The molecule has 2 N–H and O–H groups in total. The van der Waals surface area contributed by atoms with E-state index in [4.69, 9.17) is 0 Å². The molecule has 0 unspecified atom stereocenters. The van der Waals surface area contributed by atoms with Gasteiger partial charge in [0.25, 0.3) is 5.91 Å². The van der Waals surface area contributed by atoms with Gasteiger partial charge in [-0.15, -0.1) is 0 Å². The summed E-state index contributed by atoms with van der Waals surface area (Å²) in [6.45, 7) is 0. The van der Waals surface area contributed by atoms with Crippen molar-refractivity contribution < 1.29 is 27.9 Å². The molecule has 1 atom stereocenters. The third kappa shape index (κ3) is 5.07. The summed E-state index contributed by atoms with van der Waals surface area (Å²) in [5.41, 5.74) is 0.00398. The fourth-order valence-corrected chi connectivity index (χ4v) is 2.40. The summed E-state index contributed by atoms with van der Waals surface area (Å²) in [6.07, 6.45) is 1.13. The molecule has 2 aromatic carbocycles. The number of benzene rings is 2. The summed E-state index contributed by atoms with van der Waals surface area (Å²) in [7, 11) is 0. The Hall–Kier alpha value is -2.83. The second kappa shape index (κ2) is 8.32. The topological polar surface area (TPSA) is 66.4 Å². The fourth-order valence-electron chi connectivity index (χ4n) is 2.40. The van der Waals surface area contributed by atoms with E-state index in [1.165, 1.54) is 0 Å². The number of hydrogen-bond acceptors (Lipinski definition) is 2. The third-order valence-corrected chi connectivity index (χ3v) is 3.64. The Bertz CT molecular complexity index is 742. The molecule has 0 aromatic heterocycles. The van der Waals surface area contributed by atoms with Gasteiger partial charge in [-0.05, 0) is 24.8 Å². The zero-order valence-electron chi connectivity index (χ0n) is 13.1. The molecule has 0 spiro atoms. The number of aryl methyl sites for hydroxylation is 1. The van der Waals surface area contributed by atoms with Crippen LogP contribution in [-0.4, -0.2) is 23.0 Å². The first kappa shape index (κ1) is 18.5. The molecule has 4 nitrogen and oxygen atoms in total. The van der Waals surface area contributed by atoms with Gasteiger partial charge in [0.05, 0.1) is 0 Å². The lowest BCUT2D eigenvalue weighted by atomic mass is 10.0. The molecule has 0 saturated carbocycles. The summed E-state index contributed by atoms with van der Waals surface area (Å²) >= 11 is 0. The molecular weight excluding hydrogens is 335 g/mol. The van der Waals surface area contributed by atoms with E-state index in [2.05, 4.69) is 5.32 Å². The van der Waals surface area contributed by atoms with Crippen LogP contribution in [0.1, 0.15) is 28.8 Å². The number of amides is 1. The lowest BCUT2D eigenvalue weighted by Gasteiger charge is -2.15. The number of aliphatic carboxylic acids is 1. The van der Waals surface area contributed by atoms with Gasteiger partial charge in [-0.1, -0.05) is 30.3 Å². The van der Waals surface area contributed by atoms with Crippen molar-refractivity contribution in [2.24, 2.45) is 0 Å². The van der Waals surface area contributed by atoms with E-state index in [1.807, 2.05) is 30.3 Å². The average molecular weight is 351 g/mol. The van der Waals surface area contributed by atoms with E-state index in [0.717, 1.165) is 5.56 Å². The van der Waals surface area contributed by atoms with Crippen LogP contribution in [-0.2, 0) is 11.2 Å². The molecule has 25 heavy (non-hydrogen) atoms. The summed E-state index contributed by atoms with van der Waals surface area (Å²) in [5, 5.41) is 11.3. The minimum absolute atomic E-state index is 0.0837. The quantitative estimate of drug-likeness (QED) is 0.804. The molecule has 1 amide bonds. The van der Waals surface area contributed by atoms with Crippen LogP contribution in [0.25, 0.3) is 0 Å². The summed E-state index contributed by atoms with van der Waals surface area (Å²) in [4.78, 5) is 23.2. The zero-order chi connectivity index (χ0) is 18.4. The minimum Gasteiger partial charge on any atom is -0.480 e. The maximum atomic E-state index is 13.6. The Kier molecular flexibility index (Phi) is 6.16. The van der Waals surface area contributed by atoms with E-state index in [1.54, 1.807) is 0 Å². The lowest BCUT2D eigenvalue weighted by Crippen LogP contribution is -2.41. The number of carbonyl (C=O) groups is 2. The highest BCUT2D eigenvalue weighted by Gasteiger charge is 2.25. The van der Waals surface area contributed by atoms with Crippen molar-refractivity contribution in [1.82, 2.24) is 5.32 Å². The molecule has 0 saturated heterocycles. The summed E-state index contributed by atoms with van der Waals surface area (Å²) in [6, 6.07) is 8.76. The van der Waals surface area contributed by atoms with Gasteiger partial charge in [0.15, 0.2) is 0 Å². The van der Waals surface area contributed by atoms with E-state index in [-0.39, 0.29) is 6.42 Å². The Morgan fingerprint density at radius 2 is 1.64 bits per heavy atom. The highest BCUT2D eigenvalue weighted by atomic mass is 19.1. The van der Waals surface area contributed by atoms with Crippen molar-refractivity contribution in [1.29, 1.82) is 0 Å². The van der Waals surface area contributed by atoms with Crippen molar-refractivity contribution in [3.05, 3.63) is 71.0 Å². The van der Waals surface area contributed by atoms with E-state index in [9.17, 15) is 27.9 Å². The summed E-state index contributed by atoms with van der Waals surface area (Å²) < 4.78 is 40.1. The third-order valence-electron chi connectivity index (χ3n) is 3.64. The first-order chi connectivity index (χ1) is 11.9. The Labute approximate surface area is 142 Å². The van der Waals surface area contributed by atoms with Crippen LogP contribution in [0.15, 0.2) is 42.5 Å². The Morgan fingerprint density at radius 1 is 1.04 bits per heavy atom. The van der Waals surface area contributed by atoms with Gasteiger partial charge in [-0.25, -0.2) is 18.0 Å². The van der Waals surface area contributed by atoms with Gasteiger partial charge in [-0.3, -0.25) is 4.79 Å². The van der Waals surface area contributed by atoms with Crippen LogP contribution in [0.4, 0.5) is 13.2 Å². The highest BCUT2D eigenvalue weighted by Crippen LogP contribution is 2.15. The van der Waals surface area contributed by atoms with Crippen LogP contribution >= 0.6 is 0 Å². The van der Waals surface area contributed by atoms with Crippen molar-refractivity contribution in [2.45, 2.75) is 25.3 Å². The zero-order valence-corrected chi connectivity index (χ0v) is 13.1. The molecule has 0 heterocycles. The monoisotopic (exact) mass is 351 g/mol. The van der Waals surface area contributed by atoms with E-state index in [0.29, 0.717) is 25.0 Å². The summed E-state index contributed by atoms with van der Waals surface area (Å²) in [5.74, 6) is -6.48. The number of halogens is 3. The molecule has 2 rings (SSSR count). The minimum atomic E-state index is -1.39. The molecule has 2 aromatic rings. The van der Waals surface area contributed by atoms with Crippen LogP contribution in [0.3, 0.4) is 0 Å². The Morgan fingerprint density at radius 3 is 2.20 bits per heavy atom. The maximum absolute atomic E-state index is 13.6. The van der Waals surface area contributed by atoms with Crippen molar-refractivity contribution in [3.63, 3.8) is 0 Å². The smallest absolute Gasteiger partial charge is 0.326 e. The van der Waals surface area contributed by atoms with Crippen molar-refractivity contribution >= 4 is 11.9 Å². The average Bonchev–Trinajstić information content (AvgIpc) is 2.53. The molecule has 0 aliphatic carbocycles. The number of carboxylic acids is 1. The largest absolute Gasteiger partial charge is 0.480 e. The molecule has 7 heteroatoms. The molecule has 0 bridgehead atoms. The molecule has 0 aliphatic rings. The highest BCUT2D eigenvalue weighted by molar-refractivity contribution is 5.97. The van der Waals surface area contributed by atoms with E-state index >= 15 is 0 Å². The van der Waals surface area contributed by atoms with E-state index < -0.39 is 40.9 Å². The van der Waals surface area contributed by atoms with Crippen LogP contribution in [0, 0.1) is 17.5 Å². The predicted octanol–water partition coefficient (Wildman–Crippen LogP) is 3.31. The molecule has 0 radical (unpaired) electrons. The number of carbonyl (C=O) groups excluding carboxylic acids is 1. The van der Waals surface area contributed by atoms with Gasteiger partial charge >= 0.3 is 5.97 Å². The number of nitrogens with one attached hydrogen (secondary N) is 1. The first-order valence-corrected chi connectivity index (χ1v) is 7.60. The molecule has 0 aliphatic heterocycles. The standard InChI is InChI=1S/C18H16F3NO3/c19-12-9-13(20)16(14(21)10-12)17(23)22-15(18(24)25)8-4-7-11-5-2-1-3-6-11/h1-3,5-6,9-10,15H,4,7-8H2,(H,22,23)(H,24,25)/t15-/m0/s1. The lowest BCUT2D eigenvalue weighted by molar-refractivity contribution is -0.139. The number of rotatable bonds is 7.